The number of carboxylic acids is 1. The number of aliphatic carboxylic acids is 1. The van der Waals surface area contributed by atoms with Gasteiger partial charge in [0, 0.05) is 37.6 Å². The molecule has 0 unspecified atom stereocenters. The minimum Gasteiger partial charge on any atom is -0.475 e. The van der Waals surface area contributed by atoms with Gasteiger partial charge in [-0.2, -0.15) is 18.2 Å². The van der Waals surface area contributed by atoms with Gasteiger partial charge < -0.3 is 10.4 Å². The van der Waals surface area contributed by atoms with Crippen LogP contribution in [-0.2, 0) is 47.5 Å². The SMILES string of the molecule is O=C(O)C1=NS(=O)(=O)c2c[c-]ccc2N1.[Y]. The van der Waals surface area contributed by atoms with Gasteiger partial charge in [0.25, 0.3) is 0 Å². The van der Waals surface area contributed by atoms with Crippen molar-refractivity contribution in [3.63, 3.8) is 0 Å². The van der Waals surface area contributed by atoms with Gasteiger partial charge in [-0.15, -0.1) is 10.5 Å². The molecule has 0 amide bonds. The second-order valence-electron chi connectivity index (χ2n) is 2.77. The molecule has 2 rings (SSSR count). The summed E-state index contributed by atoms with van der Waals surface area (Å²) in [6.45, 7) is 0. The summed E-state index contributed by atoms with van der Waals surface area (Å²) in [6, 6.07) is 6.72. The zero-order chi connectivity index (χ0) is 11.1. The van der Waals surface area contributed by atoms with Crippen LogP contribution in [0, 0.1) is 6.07 Å². The van der Waals surface area contributed by atoms with Crippen LogP contribution < -0.4 is 5.32 Å². The molecular formula is C8H5N2O4SY-. The van der Waals surface area contributed by atoms with Gasteiger partial charge in [0.1, 0.15) is 0 Å². The largest absolute Gasteiger partial charge is 0.475 e. The molecule has 1 aromatic carbocycles. The fourth-order valence-electron chi connectivity index (χ4n) is 1.14. The number of fused-ring (bicyclic) bond motifs is 1. The zero-order valence-electron chi connectivity index (χ0n) is 7.84. The molecule has 0 saturated heterocycles. The first kappa shape index (κ1) is 13.3. The van der Waals surface area contributed by atoms with Crippen LogP contribution in [0.2, 0.25) is 0 Å². The maximum absolute atomic E-state index is 11.5. The van der Waals surface area contributed by atoms with Crippen LogP contribution in [0.25, 0.3) is 0 Å². The molecule has 0 atom stereocenters. The molecule has 16 heavy (non-hydrogen) atoms. The minimum atomic E-state index is -3.92. The summed E-state index contributed by atoms with van der Waals surface area (Å²) in [4.78, 5) is 10.5. The van der Waals surface area contributed by atoms with Crippen molar-refractivity contribution in [3.8, 4) is 0 Å². The first-order valence-electron chi connectivity index (χ1n) is 3.86. The molecule has 0 fully saturated rings. The molecule has 1 aromatic rings. The Morgan fingerprint density at radius 2 is 2.19 bits per heavy atom. The average molecular weight is 314 g/mol. The summed E-state index contributed by atoms with van der Waals surface area (Å²) in [6.07, 6.45) is 0. The van der Waals surface area contributed by atoms with E-state index in [2.05, 4.69) is 15.8 Å². The molecule has 0 saturated carbocycles. The van der Waals surface area contributed by atoms with E-state index in [1.165, 1.54) is 18.2 Å². The fourth-order valence-corrected chi connectivity index (χ4v) is 2.22. The molecular weight excluding hydrogens is 309 g/mol. The van der Waals surface area contributed by atoms with E-state index >= 15 is 0 Å². The normalized spacial score (nSPS) is 16.1. The number of hydrogen-bond donors (Lipinski definition) is 2. The molecule has 8 heteroatoms. The average Bonchev–Trinajstić information content (AvgIpc) is 2.16. The van der Waals surface area contributed by atoms with E-state index in [9.17, 15) is 13.2 Å². The predicted octanol–water partition coefficient (Wildman–Crippen LogP) is 0.0816. The Hall–Kier alpha value is -0.786. The van der Waals surface area contributed by atoms with E-state index in [1.807, 2.05) is 0 Å². The van der Waals surface area contributed by atoms with Gasteiger partial charge in [0.15, 0.2) is 0 Å². The molecule has 1 aliphatic heterocycles. The van der Waals surface area contributed by atoms with E-state index in [-0.39, 0.29) is 43.3 Å². The number of anilines is 1. The van der Waals surface area contributed by atoms with Gasteiger partial charge in [0.2, 0.25) is 15.9 Å². The Labute approximate surface area is 117 Å². The number of nitrogens with zero attached hydrogens (tertiary/aromatic N) is 1. The maximum atomic E-state index is 11.5. The van der Waals surface area contributed by atoms with E-state index in [1.54, 1.807) is 0 Å². The number of carboxylic acid groups (broad SMARTS) is 1. The Morgan fingerprint density at radius 1 is 1.50 bits per heavy atom. The number of hydrogen-bond acceptors (Lipinski definition) is 4. The van der Waals surface area contributed by atoms with Crippen LogP contribution in [0.5, 0.6) is 0 Å². The van der Waals surface area contributed by atoms with Gasteiger partial charge >= 0.3 is 5.97 Å². The van der Waals surface area contributed by atoms with E-state index in [0.717, 1.165) is 0 Å². The summed E-state index contributed by atoms with van der Waals surface area (Å²) < 4.78 is 26.1. The minimum absolute atomic E-state index is 0. The van der Waals surface area contributed by atoms with Gasteiger partial charge in [-0.3, -0.25) is 0 Å². The molecule has 0 spiro atoms. The standard InChI is InChI=1S/C8H5N2O4S.Y/c11-8(12)7-9-5-3-1-2-4-6(5)15(13,14)10-7;/h1,3-4H,(H,9,10)(H,11,12);/q-1;. The molecule has 0 bridgehead atoms. The Balaban J connectivity index is 0.00000128. The Morgan fingerprint density at radius 3 is 2.81 bits per heavy atom. The van der Waals surface area contributed by atoms with Gasteiger partial charge in [-0.1, -0.05) is 0 Å². The maximum Gasteiger partial charge on any atom is 0.372 e. The second-order valence-corrected chi connectivity index (χ2v) is 4.34. The summed E-state index contributed by atoms with van der Waals surface area (Å²) in [7, 11) is -3.92. The van der Waals surface area contributed by atoms with Crippen molar-refractivity contribution < 1.29 is 51.0 Å². The van der Waals surface area contributed by atoms with Crippen molar-refractivity contribution in [2.24, 2.45) is 4.40 Å². The van der Waals surface area contributed by atoms with Crippen LogP contribution in [0.4, 0.5) is 5.69 Å². The van der Waals surface area contributed by atoms with Crippen LogP contribution in [0.1, 0.15) is 0 Å². The number of nitrogens with one attached hydrogen (secondary N) is 1. The number of sulfonamides is 1. The summed E-state index contributed by atoms with van der Waals surface area (Å²) in [5.74, 6) is -2.02. The first-order valence-corrected chi connectivity index (χ1v) is 5.30. The molecule has 1 aliphatic rings. The van der Waals surface area contributed by atoms with Crippen molar-refractivity contribution in [2.45, 2.75) is 4.90 Å². The quantitative estimate of drug-likeness (QED) is 0.716. The zero-order valence-corrected chi connectivity index (χ0v) is 11.5. The van der Waals surface area contributed by atoms with Gasteiger partial charge in [0.05, 0.1) is 0 Å². The van der Waals surface area contributed by atoms with Crippen molar-refractivity contribution in [3.05, 3.63) is 24.3 Å². The number of rotatable bonds is 1. The van der Waals surface area contributed by atoms with E-state index in [0.29, 0.717) is 0 Å². The second kappa shape index (κ2) is 4.61. The van der Waals surface area contributed by atoms with Crippen LogP contribution >= 0.6 is 0 Å². The molecule has 1 heterocycles. The third kappa shape index (κ3) is 2.31. The molecule has 0 aromatic heterocycles. The van der Waals surface area contributed by atoms with Crippen LogP contribution in [0.15, 0.2) is 27.5 Å². The number of carbonyl (C=O) groups is 1. The number of amidine groups is 1. The van der Waals surface area contributed by atoms with Gasteiger partial charge in [-0.25, -0.2) is 13.2 Å². The monoisotopic (exact) mass is 314 g/mol. The van der Waals surface area contributed by atoms with Crippen LogP contribution in [-0.4, -0.2) is 25.3 Å². The van der Waals surface area contributed by atoms with Crippen molar-refractivity contribution in [1.29, 1.82) is 0 Å². The molecule has 81 valence electrons. The van der Waals surface area contributed by atoms with Gasteiger partial charge in [-0.05, 0) is 5.69 Å². The molecule has 6 nitrogen and oxygen atoms in total. The Bertz CT molecular complexity index is 567. The molecule has 2 N–H and O–H groups in total. The number of benzene rings is 1. The fraction of sp³-hybridized carbons (Fsp3) is 0. The summed E-state index contributed by atoms with van der Waals surface area (Å²) >= 11 is 0. The van der Waals surface area contributed by atoms with Crippen LogP contribution in [0.3, 0.4) is 0 Å². The van der Waals surface area contributed by atoms with Crippen molar-refractivity contribution in [2.75, 3.05) is 5.32 Å². The first-order chi connectivity index (χ1) is 7.00. The smallest absolute Gasteiger partial charge is 0.372 e. The topological polar surface area (TPSA) is 95.8 Å². The van der Waals surface area contributed by atoms with E-state index < -0.39 is 21.8 Å². The third-order valence-corrected chi connectivity index (χ3v) is 3.09. The Kier molecular flexibility index (Phi) is 3.82. The van der Waals surface area contributed by atoms with Crippen molar-refractivity contribution >= 4 is 27.5 Å². The molecule has 0 aliphatic carbocycles. The van der Waals surface area contributed by atoms with E-state index in [4.69, 9.17) is 5.11 Å². The third-order valence-electron chi connectivity index (χ3n) is 1.77. The summed E-state index contributed by atoms with van der Waals surface area (Å²) in [5.41, 5.74) is 0.196. The summed E-state index contributed by atoms with van der Waals surface area (Å²) in [5, 5.41) is 11.0. The van der Waals surface area contributed by atoms with Crippen molar-refractivity contribution in [1.82, 2.24) is 0 Å². The molecule has 1 radical (unpaired) electrons. The predicted molar refractivity (Wildman–Crippen MR) is 51.2 cm³/mol.